The number of carbonyl (C=O) groups excluding carboxylic acids is 2. The third-order valence-electron chi connectivity index (χ3n) is 4.61. The van der Waals surface area contributed by atoms with Crippen molar-refractivity contribution in [3.8, 4) is 11.5 Å². The van der Waals surface area contributed by atoms with Gasteiger partial charge in [-0.3, -0.25) is 14.4 Å². The molecule has 0 radical (unpaired) electrons. The van der Waals surface area contributed by atoms with Gasteiger partial charge in [-0.05, 0) is 24.6 Å². The highest BCUT2D eigenvalue weighted by molar-refractivity contribution is 5.97. The highest BCUT2D eigenvalue weighted by atomic mass is 19.4. The van der Waals surface area contributed by atoms with Crippen LogP contribution in [0.4, 0.5) is 13.2 Å². The highest BCUT2D eigenvalue weighted by Crippen LogP contribution is 2.45. The fourth-order valence-electron chi connectivity index (χ4n) is 2.96. The Morgan fingerprint density at radius 2 is 1.93 bits per heavy atom. The van der Waals surface area contributed by atoms with Gasteiger partial charge in [-0.1, -0.05) is 0 Å². The van der Waals surface area contributed by atoms with Crippen LogP contribution in [-0.4, -0.2) is 60.4 Å². The van der Waals surface area contributed by atoms with Crippen molar-refractivity contribution in [2.45, 2.75) is 12.6 Å². The van der Waals surface area contributed by atoms with Crippen LogP contribution in [0.15, 0.2) is 18.2 Å². The number of fused-ring (bicyclic) bond motifs is 1. The molecule has 0 spiro atoms. The average molecular weight is 388 g/mol. The molecule has 3 rings (SSSR count). The van der Waals surface area contributed by atoms with Gasteiger partial charge in [0.2, 0.25) is 12.7 Å². The number of carbonyl (C=O) groups is 3. The van der Waals surface area contributed by atoms with Crippen LogP contribution in [0.5, 0.6) is 11.5 Å². The van der Waals surface area contributed by atoms with E-state index in [1.54, 1.807) is 0 Å². The number of benzene rings is 1. The van der Waals surface area contributed by atoms with Gasteiger partial charge >= 0.3 is 12.1 Å². The van der Waals surface area contributed by atoms with Crippen molar-refractivity contribution in [3.63, 3.8) is 0 Å². The van der Waals surface area contributed by atoms with Crippen molar-refractivity contribution in [1.29, 1.82) is 0 Å². The normalized spacial score (nSPS) is 21.2. The van der Waals surface area contributed by atoms with Gasteiger partial charge in [0, 0.05) is 18.7 Å². The first-order valence-corrected chi connectivity index (χ1v) is 7.90. The molecule has 2 amide bonds. The fourth-order valence-corrected chi connectivity index (χ4v) is 2.96. The molecule has 1 aromatic rings. The molecule has 2 aliphatic rings. The maximum Gasteiger partial charge on any atom is 0.406 e. The molecule has 2 aliphatic heterocycles. The summed E-state index contributed by atoms with van der Waals surface area (Å²) in [5, 5.41) is 11.3. The van der Waals surface area contributed by atoms with E-state index in [1.165, 1.54) is 18.2 Å². The van der Waals surface area contributed by atoms with E-state index < -0.39 is 48.9 Å². The molecule has 1 saturated heterocycles. The van der Waals surface area contributed by atoms with Gasteiger partial charge < -0.3 is 24.8 Å². The molecular weight excluding hydrogens is 373 g/mol. The highest BCUT2D eigenvalue weighted by Gasteiger charge is 2.64. The Morgan fingerprint density at radius 3 is 2.56 bits per heavy atom. The topological polar surface area (TPSA) is 105 Å². The predicted molar refractivity (Wildman–Crippen MR) is 82.2 cm³/mol. The van der Waals surface area contributed by atoms with Crippen molar-refractivity contribution in [3.05, 3.63) is 23.8 Å². The molecule has 1 atom stereocenters. The number of likely N-dealkylation sites (tertiary alicyclic amines) is 1. The summed E-state index contributed by atoms with van der Waals surface area (Å²) >= 11 is 0. The summed E-state index contributed by atoms with van der Waals surface area (Å²) in [4.78, 5) is 36.1. The van der Waals surface area contributed by atoms with Crippen molar-refractivity contribution in [2.24, 2.45) is 5.41 Å². The maximum atomic E-state index is 13.1. The number of hydrogen-bond donors (Lipinski definition) is 2. The molecule has 0 bridgehead atoms. The third kappa shape index (κ3) is 3.36. The number of alkyl halides is 3. The zero-order valence-corrected chi connectivity index (χ0v) is 13.8. The van der Waals surface area contributed by atoms with Crippen molar-refractivity contribution in [1.82, 2.24) is 10.2 Å². The SMILES string of the molecule is O=C(NCC(=O)N1CCC(C(=O)O)(C(F)(F)F)C1)c1ccc2c(c1)OCO2. The summed E-state index contributed by atoms with van der Waals surface area (Å²) in [6.07, 6.45) is -5.71. The molecule has 11 heteroatoms. The van der Waals surface area contributed by atoms with Crippen LogP contribution in [-0.2, 0) is 9.59 Å². The quantitative estimate of drug-likeness (QED) is 0.798. The van der Waals surface area contributed by atoms with Gasteiger partial charge in [0.15, 0.2) is 16.9 Å². The maximum absolute atomic E-state index is 13.1. The molecule has 0 saturated carbocycles. The third-order valence-corrected chi connectivity index (χ3v) is 4.61. The lowest BCUT2D eigenvalue weighted by atomic mass is 9.86. The number of carboxylic acid groups (broad SMARTS) is 1. The minimum Gasteiger partial charge on any atom is -0.481 e. The number of amides is 2. The van der Waals surface area contributed by atoms with E-state index in [2.05, 4.69) is 5.32 Å². The molecule has 1 unspecified atom stereocenters. The van der Waals surface area contributed by atoms with E-state index in [0.29, 0.717) is 11.5 Å². The van der Waals surface area contributed by atoms with Gasteiger partial charge in [-0.2, -0.15) is 13.2 Å². The summed E-state index contributed by atoms with van der Waals surface area (Å²) in [6.45, 7) is -1.87. The number of halogens is 3. The standard InChI is InChI=1S/C16H15F3N2O6/c17-16(18,19)15(14(24)25)3-4-21(7-15)12(22)6-20-13(23)9-1-2-10-11(5-9)27-8-26-10/h1-2,5H,3-4,6-8H2,(H,20,23)(H,24,25). The second kappa shape index (κ2) is 6.63. The minimum atomic E-state index is -4.98. The molecule has 0 aliphatic carbocycles. The van der Waals surface area contributed by atoms with E-state index >= 15 is 0 Å². The Kier molecular flexibility index (Phi) is 4.62. The summed E-state index contributed by atoms with van der Waals surface area (Å²) in [5.74, 6) is -2.60. The van der Waals surface area contributed by atoms with Crippen LogP contribution >= 0.6 is 0 Å². The fraction of sp³-hybridized carbons (Fsp3) is 0.438. The van der Waals surface area contributed by atoms with Crippen LogP contribution in [0, 0.1) is 5.41 Å². The molecule has 8 nitrogen and oxygen atoms in total. The lowest BCUT2D eigenvalue weighted by Crippen LogP contribution is -2.48. The van der Waals surface area contributed by atoms with Crippen molar-refractivity contribution in [2.75, 3.05) is 26.4 Å². The van der Waals surface area contributed by atoms with Crippen LogP contribution in [0.3, 0.4) is 0 Å². The van der Waals surface area contributed by atoms with Gasteiger partial charge in [-0.15, -0.1) is 0 Å². The number of nitrogens with zero attached hydrogens (tertiary/aromatic N) is 1. The number of ether oxygens (including phenoxy) is 2. The number of rotatable bonds is 4. The van der Waals surface area contributed by atoms with Crippen molar-refractivity contribution >= 4 is 17.8 Å². The van der Waals surface area contributed by atoms with E-state index in [1.807, 2.05) is 0 Å². The number of carboxylic acids is 1. The van der Waals surface area contributed by atoms with Crippen LogP contribution in [0.2, 0.25) is 0 Å². The summed E-state index contributed by atoms with van der Waals surface area (Å²) in [6, 6.07) is 4.38. The summed E-state index contributed by atoms with van der Waals surface area (Å²) in [5.41, 5.74) is -2.80. The smallest absolute Gasteiger partial charge is 0.406 e. The Bertz CT molecular complexity index is 797. The monoisotopic (exact) mass is 388 g/mol. The molecule has 2 heterocycles. The Labute approximate surface area is 150 Å². The van der Waals surface area contributed by atoms with E-state index in [0.717, 1.165) is 4.90 Å². The molecular formula is C16H15F3N2O6. The average Bonchev–Trinajstić information content (AvgIpc) is 3.25. The zero-order chi connectivity index (χ0) is 19.8. The minimum absolute atomic E-state index is 0.0262. The first-order valence-electron chi connectivity index (χ1n) is 7.90. The van der Waals surface area contributed by atoms with Crippen LogP contribution in [0.25, 0.3) is 0 Å². The zero-order valence-electron chi connectivity index (χ0n) is 13.8. The van der Waals surface area contributed by atoms with Gasteiger partial charge in [0.1, 0.15) is 0 Å². The summed E-state index contributed by atoms with van der Waals surface area (Å²) in [7, 11) is 0. The van der Waals surface area contributed by atoms with Gasteiger partial charge in [-0.25, -0.2) is 0 Å². The first kappa shape index (κ1) is 18.8. The molecule has 2 N–H and O–H groups in total. The second-order valence-corrected chi connectivity index (χ2v) is 6.20. The number of hydrogen-bond acceptors (Lipinski definition) is 5. The molecule has 27 heavy (non-hydrogen) atoms. The predicted octanol–water partition coefficient (Wildman–Crippen LogP) is 1.01. The molecule has 0 aromatic heterocycles. The van der Waals surface area contributed by atoms with E-state index in [-0.39, 0.29) is 18.9 Å². The number of aliphatic carboxylic acids is 1. The van der Waals surface area contributed by atoms with Crippen molar-refractivity contribution < 1.29 is 42.1 Å². The second-order valence-electron chi connectivity index (χ2n) is 6.20. The molecule has 146 valence electrons. The van der Waals surface area contributed by atoms with Crippen LogP contribution in [0.1, 0.15) is 16.8 Å². The molecule has 1 aromatic carbocycles. The lowest BCUT2D eigenvalue weighted by molar-refractivity contribution is -0.227. The Balaban J connectivity index is 1.60. The van der Waals surface area contributed by atoms with Gasteiger partial charge in [0.05, 0.1) is 6.54 Å². The number of nitrogens with one attached hydrogen (secondary N) is 1. The lowest BCUT2D eigenvalue weighted by Gasteiger charge is -2.27. The largest absolute Gasteiger partial charge is 0.481 e. The van der Waals surface area contributed by atoms with Crippen LogP contribution < -0.4 is 14.8 Å². The Hall–Kier alpha value is -2.98. The summed E-state index contributed by atoms with van der Waals surface area (Å²) < 4.78 is 49.7. The Morgan fingerprint density at radius 1 is 1.22 bits per heavy atom. The van der Waals surface area contributed by atoms with Gasteiger partial charge in [0.25, 0.3) is 5.91 Å². The van der Waals surface area contributed by atoms with E-state index in [4.69, 9.17) is 14.6 Å². The molecule has 1 fully saturated rings. The first-order chi connectivity index (χ1) is 12.6. The van der Waals surface area contributed by atoms with E-state index in [9.17, 15) is 27.6 Å².